The Morgan fingerprint density at radius 1 is 1.00 bits per heavy atom. The molecule has 3 aromatic heterocycles. The van der Waals surface area contributed by atoms with Gasteiger partial charge in [-0.1, -0.05) is 0 Å². The molecule has 3 heterocycles. The maximum Gasteiger partial charge on any atom is 0.255 e. The summed E-state index contributed by atoms with van der Waals surface area (Å²) in [6, 6.07) is 5.58. The van der Waals surface area contributed by atoms with Crippen LogP contribution >= 0.6 is 0 Å². The van der Waals surface area contributed by atoms with Crippen LogP contribution in [0.25, 0.3) is 16.8 Å². The minimum absolute atomic E-state index is 0.513. The Labute approximate surface area is 125 Å². The van der Waals surface area contributed by atoms with Gasteiger partial charge in [-0.2, -0.15) is 14.6 Å². The summed E-state index contributed by atoms with van der Waals surface area (Å²) in [5.74, 6) is 1.78. The first-order valence-electron chi connectivity index (χ1n) is 6.78. The highest BCUT2D eigenvalue weighted by Gasteiger charge is 2.13. The fraction of sp³-hybridized carbons (Fsp3) is 0.133. The summed E-state index contributed by atoms with van der Waals surface area (Å²) < 4.78 is 7.61. The Hall–Kier alpha value is -3.09. The second kappa shape index (κ2) is 4.73. The number of hydrogen-bond donors (Lipinski definition) is 0. The Balaban J connectivity index is 1.85. The van der Waals surface area contributed by atoms with Gasteiger partial charge in [-0.05, 0) is 26.0 Å². The standard InChI is InChI=1S/C15H12N6O/c1-9-10(2)20-15-18-8-19-21(15)14(9)22-11-3-4-12-13(7-11)17-6-5-16-12/h3-8H,1-2H3. The molecule has 4 aromatic rings. The zero-order valence-electron chi connectivity index (χ0n) is 12.1. The van der Waals surface area contributed by atoms with E-state index in [9.17, 15) is 0 Å². The van der Waals surface area contributed by atoms with Crippen LogP contribution in [-0.2, 0) is 0 Å². The molecule has 0 bridgehead atoms. The molecule has 0 aliphatic rings. The highest BCUT2D eigenvalue weighted by molar-refractivity contribution is 5.75. The maximum absolute atomic E-state index is 6.02. The Kier molecular flexibility index (Phi) is 2.72. The van der Waals surface area contributed by atoms with Crippen LogP contribution in [0.4, 0.5) is 0 Å². The Morgan fingerprint density at radius 3 is 2.68 bits per heavy atom. The molecular weight excluding hydrogens is 280 g/mol. The number of benzene rings is 1. The van der Waals surface area contributed by atoms with E-state index in [1.165, 1.54) is 6.33 Å². The zero-order valence-corrected chi connectivity index (χ0v) is 12.1. The quantitative estimate of drug-likeness (QED) is 0.565. The van der Waals surface area contributed by atoms with Crippen molar-refractivity contribution in [1.82, 2.24) is 29.5 Å². The van der Waals surface area contributed by atoms with E-state index < -0.39 is 0 Å². The van der Waals surface area contributed by atoms with Crippen LogP contribution in [-0.4, -0.2) is 29.5 Å². The molecule has 0 unspecified atom stereocenters. The number of ether oxygens (including phenoxy) is 1. The summed E-state index contributed by atoms with van der Waals surface area (Å²) in [5.41, 5.74) is 3.37. The molecule has 7 nitrogen and oxygen atoms in total. The normalized spacial score (nSPS) is 11.2. The number of hydrogen-bond acceptors (Lipinski definition) is 6. The SMILES string of the molecule is Cc1nc2ncnn2c(Oc2ccc3nccnc3c2)c1C. The predicted octanol–water partition coefficient (Wildman–Crippen LogP) is 2.48. The van der Waals surface area contributed by atoms with E-state index in [1.807, 2.05) is 32.0 Å². The Bertz CT molecular complexity index is 994. The molecule has 7 heteroatoms. The van der Waals surface area contributed by atoms with E-state index in [2.05, 4.69) is 25.0 Å². The summed E-state index contributed by atoms with van der Waals surface area (Å²) in [7, 11) is 0. The third-order valence-corrected chi connectivity index (χ3v) is 3.51. The van der Waals surface area contributed by atoms with E-state index in [0.717, 1.165) is 22.3 Å². The molecule has 0 aliphatic heterocycles. The third kappa shape index (κ3) is 1.95. The molecule has 1 aromatic carbocycles. The molecule has 108 valence electrons. The van der Waals surface area contributed by atoms with Gasteiger partial charge in [0.1, 0.15) is 12.1 Å². The van der Waals surface area contributed by atoms with Crippen molar-refractivity contribution < 1.29 is 4.74 Å². The molecule has 0 spiro atoms. The average molecular weight is 292 g/mol. The van der Waals surface area contributed by atoms with Crippen LogP contribution in [0.3, 0.4) is 0 Å². The van der Waals surface area contributed by atoms with Crippen molar-refractivity contribution in [2.24, 2.45) is 0 Å². The maximum atomic E-state index is 6.02. The molecule has 0 saturated carbocycles. The highest BCUT2D eigenvalue weighted by atomic mass is 16.5. The molecule has 22 heavy (non-hydrogen) atoms. The minimum Gasteiger partial charge on any atom is -0.438 e. The lowest BCUT2D eigenvalue weighted by Crippen LogP contribution is -2.03. The monoisotopic (exact) mass is 292 g/mol. The van der Waals surface area contributed by atoms with Gasteiger partial charge in [0.25, 0.3) is 5.78 Å². The first kappa shape index (κ1) is 12.6. The average Bonchev–Trinajstić information content (AvgIpc) is 2.99. The van der Waals surface area contributed by atoms with Gasteiger partial charge in [-0.15, -0.1) is 0 Å². The highest BCUT2D eigenvalue weighted by Crippen LogP contribution is 2.27. The van der Waals surface area contributed by atoms with Crippen LogP contribution in [0, 0.1) is 13.8 Å². The van der Waals surface area contributed by atoms with Gasteiger partial charge in [-0.3, -0.25) is 9.97 Å². The number of nitrogens with zero attached hydrogens (tertiary/aromatic N) is 6. The van der Waals surface area contributed by atoms with Crippen molar-refractivity contribution in [2.45, 2.75) is 13.8 Å². The summed E-state index contributed by atoms with van der Waals surface area (Å²) >= 11 is 0. The van der Waals surface area contributed by atoms with Crippen molar-refractivity contribution in [3.63, 3.8) is 0 Å². The summed E-state index contributed by atoms with van der Waals surface area (Å²) in [5, 5.41) is 4.17. The van der Waals surface area contributed by atoms with Crippen molar-refractivity contribution in [1.29, 1.82) is 0 Å². The third-order valence-electron chi connectivity index (χ3n) is 3.51. The van der Waals surface area contributed by atoms with Crippen molar-refractivity contribution in [2.75, 3.05) is 0 Å². The molecule has 4 rings (SSSR count). The van der Waals surface area contributed by atoms with Gasteiger partial charge in [0.2, 0.25) is 5.88 Å². The molecule has 0 saturated heterocycles. The van der Waals surface area contributed by atoms with Gasteiger partial charge in [0, 0.05) is 29.7 Å². The van der Waals surface area contributed by atoms with Gasteiger partial charge in [0.05, 0.1) is 11.0 Å². The topological polar surface area (TPSA) is 78.1 Å². The number of fused-ring (bicyclic) bond motifs is 2. The zero-order chi connectivity index (χ0) is 15.1. The lowest BCUT2D eigenvalue weighted by Gasteiger charge is -2.11. The molecule has 0 fully saturated rings. The van der Waals surface area contributed by atoms with E-state index in [-0.39, 0.29) is 0 Å². The molecule has 0 radical (unpaired) electrons. The second-order valence-electron chi connectivity index (χ2n) is 4.91. The van der Waals surface area contributed by atoms with E-state index in [1.54, 1.807) is 16.9 Å². The van der Waals surface area contributed by atoms with Crippen LogP contribution in [0.15, 0.2) is 36.9 Å². The fourth-order valence-corrected chi connectivity index (χ4v) is 2.24. The molecule has 0 atom stereocenters. The predicted molar refractivity (Wildman–Crippen MR) is 79.9 cm³/mol. The summed E-state index contributed by atoms with van der Waals surface area (Å²) in [6.07, 6.45) is 4.78. The molecule has 0 aliphatic carbocycles. The summed E-state index contributed by atoms with van der Waals surface area (Å²) in [6.45, 7) is 3.86. The first-order valence-corrected chi connectivity index (χ1v) is 6.78. The van der Waals surface area contributed by atoms with Crippen molar-refractivity contribution >= 4 is 16.8 Å². The van der Waals surface area contributed by atoms with Gasteiger partial charge < -0.3 is 4.74 Å². The molecule has 0 N–H and O–H groups in total. The minimum atomic E-state index is 0.513. The number of aryl methyl sites for hydroxylation is 1. The lowest BCUT2D eigenvalue weighted by molar-refractivity contribution is 0.441. The van der Waals surface area contributed by atoms with Gasteiger partial charge >= 0.3 is 0 Å². The van der Waals surface area contributed by atoms with Gasteiger partial charge in [-0.25, -0.2) is 4.98 Å². The van der Waals surface area contributed by atoms with E-state index in [4.69, 9.17) is 4.74 Å². The number of rotatable bonds is 2. The summed E-state index contributed by atoms with van der Waals surface area (Å²) in [4.78, 5) is 17.0. The number of aromatic nitrogens is 6. The Morgan fingerprint density at radius 2 is 1.82 bits per heavy atom. The van der Waals surface area contributed by atoms with Crippen molar-refractivity contribution in [3.05, 3.63) is 48.2 Å². The fourth-order valence-electron chi connectivity index (χ4n) is 2.24. The smallest absolute Gasteiger partial charge is 0.255 e. The van der Waals surface area contributed by atoms with Crippen LogP contribution in [0.1, 0.15) is 11.3 Å². The second-order valence-corrected chi connectivity index (χ2v) is 4.91. The molecule has 0 amide bonds. The van der Waals surface area contributed by atoms with Crippen LogP contribution < -0.4 is 4.74 Å². The van der Waals surface area contributed by atoms with Gasteiger partial charge in [0.15, 0.2) is 0 Å². The largest absolute Gasteiger partial charge is 0.438 e. The van der Waals surface area contributed by atoms with Crippen molar-refractivity contribution in [3.8, 4) is 11.6 Å². The first-order chi connectivity index (χ1) is 10.7. The van der Waals surface area contributed by atoms with E-state index >= 15 is 0 Å². The molecular formula is C15H12N6O. The van der Waals surface area contributed by atoms with E-state index in [0.29, 0.717) is 17.4 Å². The van der Waals surface area contributed by atoms with Crippen LogP contribution in [0.5, 0.6) is 11.6 Å². The lowest BCUT2D eigenvalue weighted by atomic mass is 10.2. The van der Waals surface area contributed by atoms with Crippen LogP contribution in [0.2, 0.25) is 0 Å².